The number of ether oxygens (including phenoxy) is 2. The Hall–Kier alpha value is -2.73. The summed E-state index contributed by atoms with van der Waals surface area (Å²) >= 11 is 6.32. The maximum Gasteiger partial charge on any atom is 0.253 e. The summed E-state index contributed by atoms with van der Waals surface area (Å²) in [6, 6.07) is 10.7. The van der Waals surface area contributed by atoms with Gasteiger partial charge in [-0.1, -0.05) is 11.6 Å². The number of anilines is 1. The molecule has 0 bridgehead atoms. The van der Waals surface area contributed by atoms with Crippen LogP contribution in [0.2, 0.25) is 5.02 Å². The van der Waals surface area contributed by atoms with Crippen molar-refractivity contribution in [1.29, 1.82) is 0 Å². The highest BCUT2D eigenvalue weighted by molar-refractivity contribution is 6.34. The Morgan fingerprint density at radius 3 is 2.74 bits per heavy atom. The lowest BCUT2D eigenvalue weighted by Crippen LogP contribution is -2.35. The molecule has 7 heteroatoms. The molecule has 2 amide bonds. The lowest BCUT2D eigenvalue weighted by Gasteiger charge is -2.27. The fraction of sp³-hybridized carbons (Fsp3) is 0.417. The second-order valence-electron chi connectivity index (χ2n) is 7.95. The molecule has 2 aromatic carbocycles. The second kappa shape index (κ2) is 9.60. The van der Waals surface area contributed by atoms with Crippen molar-refractivity contribution in [2.45, 2.75) is 32.6 Å². The molecule has 2 heterocycles. The molecule has 164 valence electrons. The summed E-state index contributed by atoms with van der Waals surface area (Å²) in [5.41, 5.74) is 1.93. The monoisotopic (exact) mass is 442 g/mol. The molecular weight excluding hydrogens is 416 g/mol. The van der Waals surface area contributed by atoms with E-state index in [0.717, 1.165) is 49.4 Å². The van der Waals surface area contributed by atoms with E-state index in [0.29, 0.717) is 29.3 Å². The lowest BCUT2D eigenvalue weighted by atomic mass is 9.95. The number of halogens is 1. The third-order valence-electron chi connectivity index (χ3n) is 5.73. The van der Waals surface area contributed by atoms with Crippen LogP contribution in [-0.4, -0.2) is 43.0 Å². The maximum absolute atomic E-state index is 12.9. The van der Waals surface area contributed by atoms with Gasteiger partial charge < -0.3 is 19.7 Å². The van der Waals surface area contributed by atoms with Crippen LogP contribution in [0.15, 0.2) is 36.4 Å². The summed E-state index contributed by atoms with van der Waals surface area (Å²) in [5.74, 6) is 0.974. The minimum absolute atomic E-state index is 0.0229. The van der Waals surface area contributed by atoms with Crippen LogP contribution in [-0.2, 0) is 11.2 Å². The van der Waals surface area contributed by atoms with E-state index in [-0.39, 0.29) is 24.3 Å². The first kappa shape index (κ1) is 21.5. The number of fused-ring (bicyclic) bond motifs is 1. The number of rotatable bonds is 5. The van der Waals surface area contributed by atoms with Crippen LogP contribution >= 0.6 is 11.6 Å². The Morgan fingerprint density at radius 2 is 1.97 bits per heavy atom. The van der Waals surface area contributed by atoms with Crippen molar-refractivity contribution in [2.75, 3.05) is 31.6 Å². The second-order valence-corrected chi connectivity index (χ2v) is 8.36. The first-order valence-electron chi connectivity index (χ1n) is 10.8. The Bertz CT molecular complexity index is 972. The van der Waals surface area contributed by atoms with Crippen molar-refractivity contribution in [3.05, 3.63) is 52.5 Å². The molecule has 4 rings (SSSR count). The Kier molecular flexibility index (Phi) is 6.66. The molecule has 6 nitrogen and oxygen atoms in total. The summed E-state index contributed by atoms with van der Waals surface area (Å²) in [4.78, 5) is 27.6. The number of nitrogens with one attached hydrogen (secondary N) is 1. The zero-order valence-corrected chi connectivity index (χ0v) is 18.4. The van der Waals surface area contributed by atoms with Gasteiger partial charge >= 0.3 is 0 Å². The molecule has 0 spiro atoms. The molecule has 1 N–H and O–H groups in total. The number of hydrogen-bond donors (Lipinski definition) is 1. The van der Waals surface area contributed by atoms with Crippen LogP contribution in [0.1, 0.15) is 42.1 Å². The van der Waals surface area contributed by atoms with E-state index < -0.39 is 0 Å². The predicted molar refractivity (Wildman–Crippen MR) is 120 cm³/mol. The standard InChI is InChI=1S/C24H27ClN2O4/c1-2-30-19-7-9-22-17(13-19)12-18(15-31-22)23(28)26-21-14-16(6-8-20(21)25)24(29)27-10-4-3-5-11-27/h6-9,13-14,18H,2-5,10-12,15H2,1H3,(H,26,28). The van der Waals surface area contributed by atoms with Crippen molar-refractivity contribution < 1.29 is 19.1 Å². The third-order valence-corrected chi connectivity index (χ3v) is 6.06. The normalized spacial score (nSPS) is 18.0. The van der Waals surface area contributed by atoms with Crippen LogP contribution in [0.5, 0.6) is 11.5 Å². The molecule has 0 radical (unpaired) electrons. The van der Waals surface area contributed by atoms with Gasteiger partial charge in [0.15, 0.2) is 0 Å². The quantitative estimate of drug-likeness (QED) is 0.737. The molecule has 0 aromatic heterocycles. The topological polar surface area (TPSA) is 67.9 Å². The number of likely N-dealkylation sites (tertiary alicyclic amines) is 1. The fourth-order valence-electron chi connectivity index (χ4n) is 4.06. The number of nitrogens with zero attached hydrogens (tertiary/aromatic N) is 1. The van der Waals surface area contributed by atoms with E-state index in [9.17, 15) is 9.59 Å². The van der Waals surface area contributed by atoms with Crippen molar-refractivity contribution in [3.63, 3.8) is 0 Å². The van der Waals surface area contributed by atoms with E-state index in [1.807, 2.05) is 30.0 Å². The molecule has 1 saturated heterocycles. The minimum atomic E-state index is -0.359. The molecule has 1 atom stereocenters. The third kappa shape index (κ3) is 4.96. The first-order chi connectivity index (χ1) is 15.0. The number of hydrogen-bond acceptors (Lipinski definition) is 4. The van der Waals surface area contributed by atoms with Crippen molar-refractivity contribution in [3.8, 4) is 11.5 Å². The van der Waals surface area contributed by atoms with Crippen LogP contribution in [0.25, 0.3) is 0 Å². The van der Waals surface area contributed by atoms with Gasteiger partial charge in [-0.25, -0.2) is 0 Å². The highest BCUT2D eigenvalue weighted by atomic mass is 35.5. The van der Waals surface area contributed by atoms with E-state index in [2.05, 4.69) is 5.32 Å². The molecule has 2 aromatic rings. The van der Waals surface area contributed by atoms with Gasteiger partial charge in [0.2, 0.25) is 5.91 Å². The van der Waals surface area contributed by atoms with E-state index in [1.165, 1.54) is 0 Å². The number of carbonyl (C=O) groups excluding carboxylic acids is 2. The number of carbonyl (C=O) groups is 2. The summed E-state index contributed by atoms with van der Waals surface area (Å²) in [6.07, 6.45) is 3.75. The lowest BCUT2D eigenvalue weighted by molar-refractivity contribution is -0.121. The van der Waals surface area contributed by atoms with Gasteiger partial charge in [0, 0.05) is 18.7 Å². The van der Waals surface area contributed by atoms with Crippen LogP contribution in [0, 0.1) is 5.92 Å². The average Bonchev–Trinajstić information content (AvgIpc) is 2.80. The first-order valence-corrected chi connectivity index (χ1v) is 11.2. The summed E-state index contributed by atoms with van der Waals surface area (Å²) < 4.78 is 11.3. The minimum Gasteiger partial charge on any atom is -0.494 e. The molecule has 1 fully saturated rings. The summed E-state index contributed by atoms with van der Waals surface area (Å²) in [7, 11) is 0. The molecule has 2 aliphatic heterocycles. The van der Waals surface area contributed by atoms with Crippen molar-refractivity contribution in [1.82, 2.24) is 4.90 Å². The molecule has 31 heavy (non-hydrogen) atoms. The number of amides is 2. The van der Waals surface area contributed by atoms with Gasteiger partial charge in [-0.3, -0.25) is 9.59 Å². The largest absolute Gasteiger partial charge is 0.494 e. The Labute approximate surface area is 187 Å². The highest BCUT2D eigenvalue weighted by Gasteiger charge is 2.27. The average molecular weight is 443 g/mol. The zero-order chi connectivity index (χ0) is 21.8. The predicted octanol–water partition coefficient (Wildman–Crippen LogP) is 4.55. The number of piperidine rings is 1. The van der Waals surface area contributed by atoms with Gasteiger partial charge in [0.25, 0.3) is 5.91 Å². The maximum atomic E-state index is 12.9. The smallest absolute Gasteiger partial charge is 0.253 e. The van der Waals surface area contributed by atoms with Gasteiger partial charge in [-0.05, 0) is 74.6 Å². The van der Waals surface area contributed by atoms with E-state index >= 15 is 0 Å². The molecule has 2 aliphatic rings. The van der Waals surface area contributed by atoms with E-state index in [4.69, 9.17) is 21.1 Å². The summed E-state index contributed by atoms with van der Waals surface area (Å²) in [6.45, 7) is 4.34. The molecule has 0 saturated carbocycles. The Morgan fingerprint density at radius 1 is 1.16 bits per heavy atom. The fourth-order valence-corrected chi connectivity index (χ4v) is 4.23. The molecule has 0 aliphatic carbocycles. The Balaban J connectivity index is 1.46. The van der Waals surface area contributed by atoms with Gasteiger partial charge in [-0.2, -0.15) is 0 Å². The highest BCUT2D eigenvalue weighted by Crippen LogP contribution is 2.32. The van der Waals surface area contributed by atoms with Crippen molar-refractivity contribution in [2.24, 2.45) is 5.92 Å². The molecule has 1 unspecified atom stereocenters. The van der Waals surface area contributed by atoms with Crippen LogP contribution in [0.4, 0.5) is 5.69 Å². The van der Waals surface area contributed by atoms with Crippen LogP contribution < -0.4 is 14.8 Å². The van der Waals surface area contributed by atoms with Crippen LogP contribution in [0.3, 0.4) is 0 Å². The molecular formula is C24H27ClN2O4. The number of benzene rings is 2. The van der Waals surface area contributed by atoms with Gasteiger partial charge in [0.1, 0.15) is 18.1 Å². The van der Waals surface area contributed by atoms with Crippen molar-refractivity contribution >= 4 is 29.1 Å². The SMILES string of the molecule is CCOc1ccc2c(c1)CC(C(=O)Nc1cc(C(=O)N3CCCCC3)ccc1Cl)CO2. The van der Waals surface area contributed by atoms with Gasteiger partial charge in [0.05, 0.1) is 23.2 Å². The zero-order valence-electron chi connectivity index (χ0n) is 17.7. The van der Waals surface area contributed by atoms with E-state index in [1.54, 1.807) is 18.2 Å². The van der Waals surface area contributed by atoms with Gasteiger partial charge in [-0.15, -0.1) is 0 Å². The summed E-state index contributed by atoms with van der Waals surface area (Å²) in [5, 5.41) is 3.30.